The Hall–Kier alpha value is -3.47. The first kappa shape index (κ1) is 34.7. The third kappa shape index (κ3) is 12.6. The minimum absolute atomic E-state index is 0.0319. The fraction of sp³-hybridized carbons (Fsp3) is 0.548. The van der Waals surface area contributed by atoms with E-state index in [9.17, 15) is 24.0 Å². The number of allylic oxidation sites excluding steroid dienone is 2. The Balaban J connectivity index is 2.13. The number of ether oxygens (including phenoxy) is 1. The van der Waals surface area contributed by atoms with Crippen LogP contribution < -0.4 is 16.0 Å². The number of nitrogens with zero attached hydrogens (tertiary/aromatic N) is 1. The van der Waals surface area contributed by atoms with Gasteiger partial charge in [-0.25, -0.2) is 9.78 Å². The number of rotatable bonds is 11. The molecule has 0 saturated heterocycles. The smallest absolute Gasteiger partial charge is 0.329 e. The number of nitrogens with one attached hydrogen (secondary N) is 3. The molecule has 1 aromatic heterocycles. The Kier molecular flexibility index (Phi) is 15.6. The molecule has 0 spiro atoms. The van der Waals surface area contributed by atoms with Gasteiger partial charge in [-0.15, -0.1) is 0 Å². The summed E-state index contributed by atoms with van der Waals surface area (Å²) >= 11 is 1.29. The molecule has 0 aromatic carbocycles. The molecule has 3 amide bonds. The third-order valence-corrected chi connectivity index (χ3v) is 7.50. The maximum absolute atomic E-state index is 13.2. The lowest BCUT2D eigenvalue weighted by molar-refractivity contribution is -0.153. The van der Waals surface area contributed by atoms with Crippen LogP contribution in [-0.2, 0) is 30.5 Å². The highest BCUT2D eigenvalue weighted by atomic mass is 32.2. The van der Waals surface area contributed by atoms with E-state index in [1.54, 1.807) is 45.1 Å². The Morgan fingerprint density at radius 1 is 1.12 bits per heavy atom. The second-order valence-electron chi connectivity index (χ2n) is 10.4. The number of aromatic nitrogens is 1. The molecule has 0 aliphatic carbocycles. The fourth-order valence-corrected chi connectivity index (χ4v) is 4.89. The topological polar surface area (TPSA) is 144 Å². The molecule has 1 aliphatic heterocycles. The highest BCUT2D eigenvalue weighted by Crippen LogP contribution is 2.15. The zero-order valence-corrected chi connectivity index (χ0v) is 25.9. The molecule has 0 fully saturated rings. The van der Waals surface area contributed by atoms with E-state index in [-0.39, 0.29) is 41.3 Å². The van der Waals surface area contributed by atoms with Gasteiger partial charge in [-0.05, 0) is 43.9 Å². The average molecular weight is 601 g/mol. The molecule has 11 heteroatoms. The minimum atomic E-state index is -1.02. The van der Waals surface area contributed by atoms with Crippen LogP contribution in [0.2, 0.25) is 0 Å². The molecule has 2 bridgehead atoms. The predicted molar refractivity (Wildman–Crippen MR) is 163 cm³/mol. The predicted octanol–water partition coefficient (Wildman–Crippen LogP) is 4.35. The van der Waals surface area contributed by atoms with Gasteiger partial charge in [-0.1, -0.05) is 76.4 Å². The van der Waals surface area contributed by atoms with Crippen LogP contribution in [-0.4, -0.2) is 51.7 Å². The lowest BCUT2D eigenvalue weighted by Crippen LogP contribution is -2.48. The highest BCUT2D eigenvalue weighted by Gasteiger charge is 2.30. The molecule has 2 atom stereocenters. The largest absolute Gasteiger partial charge is 0.456 e. The lowest BCUT2D eigenvalue weighted by Gasteiger charge is -2.24. The molecule has 42 heavy (non-hydrogen) atoms. The van der Waals surface area contributed by atoms with Gasteiger partial charge in [-0.3, -0.25) is 19.2 Å². The maximum Gasteiger partial charge on any atom is 0.329 e. The van der Waals surface area contributed by atoms with E-state index in [0.717, 1.165) is 19.3 Å². The van der Waals surface area contributed by atoms with E-state index >= 15 is 0 Å². The van der Waals surface area contributed by atoms with Crippen LogP contribution in [0, 0.1) is 5.92 Å². The van der Waals surface area contributed by atoms with Crippen molar-refractivity contribution in [3.8, 4) is 0 Å². The van der Waals surface area contributed by atoms with Gasteiger partial charge in [-0.2, -0.15) is 0 Å². The molecule has 1 aliphatic rings. The molecule has 1 aromatic rings. The summed E-state index contributed by atoms with van der Waals surface area (Å²) < 4.78 is 5.69. The molecule has 230 valence electrons. The van der Waals surface area contributed by atoms with Crippen molar-refractivity contribution in [2.24, 2.45) is 5.92 Å². The summed E-state index contributed by atoms with van der Waals surface area (Å²) in [5.41, 5.74) is 0.496. The summed E-state index contributed by atoms with van der Waals surface area (Å²) in [5, 5.41) is 8.10. The van der Waals surface area contributed by atoms with Gasteiger partial charge in [0.2, 0.25) is 5.91 Å². The van der Waals surface area contributed by atoms with Crippen molar-refractivity contribution in [2.45, 2.75) is 97.8 Å². The first-order valence-electron chi connectivity index (χ1n) is 14.7. The number of thioether (sulfide) groups is 1. The van der Waals surface area contributed by atoms with Gasteiger partial charge in [0.1, 0.15) is 23.5 Å². The highest BCUT2D eigenvalue weighted by molar-refractivity contribution is 8.13. The van der Waals surface area contributed by atoms with Crippen molar-refractivity contribution in [1.29, 1.82) is 0 Å². The number of carbonyl (C=O) groups excluding carboxylic acids is 5. The summed E-state index contributed by atoms with van der Waals surface area (Å²) in [6.45, 7) is 7.32. The van der Waals surface area contributed by atoms with Gasteiger partial charge in [0, 0.05) is 12.2 Å². The van der Waals surface area contributed by atoms with Crippen molar-refractivity contribution in [3.63, 3.8) is 0 Å². The van der Waals surface area contributed by atoms with Crippen LogP contribution in [0.3, 0.4) is 0 Å². The van der Waals surface area contributed by atoms with Crippen LogP contribution in [0.25, 0.3) is 0 Å². The number of hydrogen-bond donors (Lipinski definition) is 3. The summed E-state index contributed by atoms with van der Waals surface area (Å²) in [6.07, 6.45) is 10.5. The van der Waals surface area contributed by atoms with Gasteiger partial charge < -0.3 is 20.7 Å². The molecular formula is C31H44N4O6S. The van der Waals surface area contributed by atoms with Crippen LogP contribution in [0.15, 0.2) is 42.1 Å². The zero-order valence-electron chi connectivity index (χ0n) is 25.1. The van der Waals surface area contributed by atoms with Crippen molar-refractivity contribution >= 4 is 40.6 Å². The van der Waals surface area contributed by atoms with E-state index in [2.05, 4.69) is 27.9 Å². The monoisotopic (exact) mass is 600 g/mol. The Morgan fingerprint density at radius 2 is 1.88 bits per heavy atom. The van der Waals surface area contributed by atoms with E-state index in [1.165, 1.54) is 36.7 Å². The summed E-state index contributed by atoms with van der Waals surface area (Å²) in [4.78, 5) is 68.1. The molecule has 0 saturated carbocycles. The first-order chi connectivity index (χ1) is 20.1. The van der Waals surface area contributed by atoms with E-state index in [0.29, 0.717) is 24.3 Å². The quantitative estimate of drug-likeness (QED) is 0.147. The van der Waals surface area contributed by atoms with E-state index < -0.39 is 29.9 Å². The van der Waals surface area contributed by atoms with Crippen LogP contribution in [0.1, 0.15) is 95.2 Å². The lowest BCUT2D eigenvalue weighted by atomic mass is 10.0. The second-order valence-corrected chi connectivity index (χ2v) is 11.6. The minimum Gasteiger partial charge on any atom is -0.456 e. The van der Waals surface area contributed by atoms with Gasteiger partial charge in [0.15, 0.2) is 5.12 Å². The molecule has 0 radical (unpaired) electrons. The number of fused-ring (bicyclic) bond motifs is 2. The van der Waals surface area contributed by atoms with E-state index in [4.69, 9.17) is 4.74 Å². The van der Waals surface area contributed by atoms with Gasteiger partial charge in [0.05, 0.1) is 18.7 Å². The van der Waals surface area contributed by atoms with Gasteiger partial charge >= 0.3 is 5.97 Å². The molecule has 3 N–H and O–H groups in total. The standard InChI is InChI=1S/C31H44N4O6S/c1-5-7-8-9-10-17-27(37)42-18-12-11-15-23-19-26(36)32-20-22-14-13-16-25(33-22)30(39)34-24(6-2)29(38)35-28(21(3)4)31(40)41-23/h6,11,13-16,21,23,28H,5,7-10,12,17-20H2,1-4H3,(H,32,36)(H,34,39)(H,35,38)/b15-11+,24-6-/t23-,28+/m1/s1. The normalized spacial score (nSPS) is 19.9. The summed E-state index contributed by atoms with van der Waals surface area (Å²) in [6, 6.07) is 3.78. The Labute approximate surface area is 252 Å². The molecule has 2 heterocycles. The summed E-state index contributed by atoms with van der Waals surface area (Å²) in [7, 11) is 0. The number of hydrogen-bond acceptors (Lipinski definition) is 8. The average Bonchev–Trinajstić information content (AvgIpc) is 2.96. The number of carbonyl (C=O) groups is 5. The van der Waals surface area contributed by atoms with Crippen molar-refractivity contribution in [1.82, 2.24) is 20.9 Å². The first-order valence-corrected chi connectivity index (χ1v) is 15.7. The van der Waals surface area contributed by atoms with Crippen LogP contribution >= 0.6 is 11.8 Å². The number of esters is 1. The number of pyridine rings is 1. The third-order valence-electron chi connectivity index (χ3n) is 6.53. The van der Waals surface area contributed by atoms with Crippen molar-refractivity contribution in [2.75, 3.05) is 5.75 Å². The zero-order chi connectivity index (χ0) is 30.9. The maximum atomic E-state index is 13.2. The molecular weight excluding hydrogens is 556 g/mol. The van der Waals surface area contributed by atoms with Crippen LogP contribution in [0.5, 0.6) is 0 Å². The van der Waals surface area contributed by atoms with Crippen molar-refractivity contribution < 1.29 is 28.7 Å². The number of amides is 3. The SMILES string of the molecule is C/C=C1\NC(=O)c2cccc(n2)CNC(=O)C[C@@H](/C=C/CCSC(=O)CCCCCCC)OC(=O)[C@H](C(C)C)NC1=O. The van der Waals surface area contributed by atoms with Crippen LogP contribution in [0.4, 0.5) is 0 Å². The van der Waals surface area contributed by atoms with Crippen molar-refractivity contribution in [3.05, 3.63) is 53.5 Å². The Morgan fingerprint density at radius 3 is 2.60 bits per heavy atom. The molecule has 0 unspecified atom stereocenters. The van der Waals surface area contributed by atoms with E-state index in [1.807, 2.05) is 0 Å². The number of cyclic esters (lactones) is 1. The fourth-order valence-electron chi connectivity index (χ4n) is 4.12. The van der Waals surface area contributed by atoms with Gasteiger partial charge in [0.25, 0.3) is 11.8 Å². The Bertz CT molecular complexity index is 1150. The molecule has 10 nitrogen and oxygen atoms in total. The molecule has 2 rings (SSSR count). The summed E-state index contributed by atoms with van der Waals surface area (Å²) in [5.74, 6) is -2.08. The second kappa shape index (κ2) is 18.9. The number of unbranched alkanes of at least 4 members (excludes halogenated alkanes) is 4.